The lowest BCUT2D eigenvalue weighted by atomic mass is 10.2. The van der Waals surface area contributed by atoms with Gasteiger partial charge < -0.3 is 4.74 Å². The lowest BCUT2D eigenvalue weighted by Crippen LogP contribution is -2.31. The summed E-state index contributed by atoms with van der Waals surface area (Å²) in [7, 11) is -2.20. The zero-order valence-electron chi connectivity index (χ0n) is 10.8. The van der Waals surface area contributed by atoms with Crippen molar-refractivity contribution >= 4 is 21.7 Å². The first kappa shape index (κ1) is 15.4. The van der Waals surface area contributed by atoms with Gasteiger partial charge in [0.2, 0.25) is 10.0 Å². The van der Waals surface area contributed by atoms with Crippen molar-refractivity contribution in [3.8, 4) is 0 Å². The molecule has 0 heterocycles. The molecule has 0 aliphatic heterocycles. The summed E-state index contributed by atoms with van der Waals surface area (Å²) in [5.74, 6) is -0.834. The van der Waals surface area contributed by atoms with Gasteiger partial charge in [0, 0.05) is 13.0 Å². The summed E-state index contributed by atoms with van der Waals surface area (Å²) in [6.45, 7) is 0.138. The number of carbonyl (C=O) groups is 1. The quantitative estimate of drug-likeness (QED) is 0.745. The van der Waals surface area contributed by atoms with E-state index in [4.69, 9.17) is 0 Å². The van der Waals surface area contributed by atoms with Crippen molar-refractivity contribution in [1.29, 1.82) is 0 Å². The average Bonchev–Trinajstić information content (AvgIpc) is 2.34. The van der Waals surface area contributed by atoms with E-state index >= 15 is 0 Å². The zero-order chi connectivity index (χ0) is 14.5. The third-order valence-corrected chi connectivity index (χ3v) is 3.68. The normalized spacial score (nSPS) is 11.1. The topological polar surface area (TPSA) is 63.7 Å². The third-order valence-electron chi connectivity index (χ3n) is 2.48. The number of methoxy groups -OCH3 is 1. The Morgan fingerprint density at radius 3 is 2.37 bits per heavy atom. The van der Waals surface area contributed by atoms with Gasteiger partial charge in [-0.3, -0.25) is 9.10 Å². The van der Waals surface area contributed by atoms with Crippen molar-refractivity contribution in [3.63, 3.8) is 0 Å². The van der Waals surface area contributed by atoms with Gasteiger partial charge >= 0.3 is 5.97 Å². The molecule has 0 spiro atoms. The van der Waals surface area contributed by atoms with Gasteiger partial charge in [-0.05, 0) is 30.7 Å². The number of sulfonamides is 1. The molecule has 0 fully saturated rings. The van der Waals surface area contributed by atoms with Crippen molar-refractivity contribution in [2.75, 3.05) is 24.2 Å². The van der Waals surface area contributed by atoms with Crippen LogP contribution in [0.1, 0.15) is 12.8 Å². The Balaban J connectivity index is 2.79. The number of hydrogen-bond donors (Lipinski definition) is 0. The summed E-state index contributed by atoms with van der Waals surface area (Å²) < 4.78 is 41.8. The van der Waals surface area contributed by atoms with Crippen LogP contribution in [-0.4, -0.2) is 34.3 Å². The monoisotopic (exact) mass is 289 g/mol. The molecule has 0 saturated carbocycles. The molecule has 19 heavy (non-hydrogen) atoms. The molecule has 1 rings (SSSR count). The van der Waals surface area contributed by atoms with Crippen LogP contribution in [0.2, 0.25) is 0 Å². The van der Waals surface area contributed by atoms with E-state index in [1.165, 1.54) is 31.4 Å². The van der Waals surface area contributed by atoms with Gasteiger partial charge in [-0.1, -0.05) is 0 Å². The van der Waals surface area contributed by atoms with E-state index in [-0.39, 0.29) is 13.0 Å². The van der Waals surface area contributed by atoms with Crippen molar-refractivity contribution < 1.29 is 22.3 Å². The fourth-order valence-electron chi connectivity index (χ4n) is 1.56. The summed E-state index contributed by atoms with van der Waals surface area (Å²) in [5, 5.41) is 0. The molecule has 0 amide bonds. The van der Waals surface area contributed by atoms with Gasteiger partial charge in [0.15, 0.2) is 0 Å². The molecule has 5 nitrogen and oxygen atoms in total. The first-order chi connectivity index (χ1) is 8.84. The van der Waals surface area contributed by atoms with Crippen LogP contribution >= 0.6 is 0 Å². The predicted octanol–water partition coefficient (Wildman–Crippen LogP) is 1.54. The van der Waals surface area contributed by atoms with Crippen molar-refractivity contribution in [2.45, 2.75) is 12.8 Å². The predicted molar refractivity (Wildman–Crippen MR) is 69.8 cm³/mol. The van der Waals surface area contributed by atoms with Gasteiger partial charge in [-0.2, -0.15) is 0 Å². The highest BCUT2D eigenvalue weighted by molar-refractivity contribution is 7.92. The average molecular weight is 289 g/mol. The van der Waals surface area contributed by atoms with E-state index in [1.807, 2.05) is 0 Å². The molecule has 7 heteroatoms. The minimum Gasteiger partial charge on any atom is -0.469 e. The maximum atomic E-state index is 12.8. The van der Waals surface area contributed by atoms with Crippen molar-refractivity contribution in [2.24, 2.45) is 0 Å². The Kier molecular flexibility index (Phi) is 5.29. The number of benzene rings is 1. The van der Waals surface area contributed by atoms with Crippen LogP contribution in [0.5, 0.6) is 0 Å². The molecular weight excluding hydrogens is 273 g/mol. The molecule has 106 valence electrons. The summed E-state index contributed by atoms with van der Waals surface area (Å²) in [6, 6.07) is 5.14. The van der Waals surface area contributed by atoms with Gasteiger partial charge in [0.1, 0.15) is 5.82 Å². The Morgan fingerprint density at radius 2 is 1.89 bits per heavy atom. The Hall–Kier alpha value is -1.63. The fourth-order valence-corrected chi connectivity index (χ4v) is 2.53. The molecule has 0 aliphatic rings. The summed E-state index contributed by atoms with van der Waals surface area (Å²) in [5.41, 5.74) is 0.369. The lowest BCUT2D eigenvalue weighted by molar-refractivity contribution is -0.140. The maximum Gasteiger partial charge on any atom is 0.305 e. The maximum absolute atomic E-state index is 12.8. The number of hydrogen-bond acceptors (Lipinski definition) is 4. The molecule has 0 aromatic heterocycles. The molecule has 0 unspecified atom stereocenters. The molecular formula is C12H16FNO4S. The number of esters is 1. The van der Waals surface area contributed by atoms with Crippen LogP contribution in [0.3, 0.4) is 0 Å². The van der Waals surface area contributed by atoms with Crippen LogP contribution in [0, 0.1) is 5.82 Å². The molecule has 0 radical (unpaired) electrons. The van der Waals surface area contributed by atoms with Crippen LogP contribution in [0.15, 0.2) is 24.3 Å². The second kappa shape index (κ2) is 6.51. The van der Waals surface area contributed by atoms with Gasteiger partial charge in [0.25, 0.3) is 0 Å². The third kappa shape index (κ3) is 4.86. The molecule has 1 aromatic rings. The van der Waals surface area contributed by atoms with E-state index in [9.17, 15) is 17.6 Å². The molecule has 0 N–H and O–H groups in total. The molecule has 0 bridgehead atoms. The highest BCUT2D eigenvalue weighted by atomic mass is 32.2. The van der Waals surface area contributed by atoms with Crippen LogP contribution in [0.4, 0.5) is 10.1 Å². The van der Waals surface area contributed by atoms with Crippen LogP contribution in [-0.2, 0) is 19.6 Å². The second-order valence-electron chi connectivity index (χ2n) is 3.99. The van der Waals surface area contributed by atoms with E-state index in [2.05, 4.69) is 4.74 Å². The van der Waals surface area contributed by atoms with Gasteiger partial charge in [-0.25, -0.2) is 12.8 Å². The van der Waals surface area contributed by atoms with Gasteiger partial charge in [-0.15, -0.1) is 0 Å². The van der Waals surface area contributed by atoms with Crippen LogP contribution in [0.25, 0.3) is 0 Å². The first-order valence-electron chi connectivity index (χ1n) is 5.64. The summed E-state index contributed by atoms with van der Waals surface area (Å²) in [6.07, 6.45) is 1.52. The number of halogens is 1. The number of rotatable bonds is 6. The van der Waals surface area contributed by atoms with E-state index in [0.717, 1.165) is 10.6 Å². The highest BCUT2D eigenvalue weighted by Crippen LogP contribution is 2.18. The number of carbonyl (C=O) groups excluding carboxylic acids is 1. The Labute approximate surface area is 112 Å². The molecule has 0 aliphatic carbocycles. The largest absolute Gasteiger partial charge is 0.469 e. The number of nitrogens with zero attached hydrogens (tertiary/aromatic N) is 1. The summed E-state index contributed by atoms with van der Waals surface area (Å²) >= 11 is 0. The van der Waals surface area contributed by atoms with E-state index < -0.39 is 21.8 Å². The summed E-state index contributed by atoms with van der Waals surface area (Å²) in [4.78, 5) is 11.0. The fraction of sp³-hybridized carbons (Fsp3) is 0.417. The van der Waals surface area contributed by atoms with Crippen molar-refractivity contribution in [3.05, 3.63) is 30.1 Å². The Bertz CT molecular complexity index is 527. The van der Waals surface area contributed by atoms with E-state index in [1.54, 1.807) is 0 Å². The van der Waals surface area contributed by atoms with Crippen molar-refractivity contribution in [1.82, 2.24) is 0 Å². The van der Waals surface area contributed by atoms with E-state index in [0.29, 0.717) is 12.1 Å². The minimum absolute atomic E-state index is 0.129. The number of ether oxygens (including phenoxy) is 1. The zero-order valence-corrected chi connectivity index (χ0v) is 11.6. The smallest absolute Gasteiger partial charge is 0.305 e. The van der Waals surface area contributed by atoms with Gasteiger partial charge in [0.05, 0.1) is 19.1 Å². The first-order valence-corrected chi connectivity index (χ1v) is 7.49. The molecule has 1 aromatic carbocycles. The minimum atomic E-state index is -3.48. The number of anilines is 1. The highest BCUT2D eigenvalue weighted by Gasteiger charge is 2.17. The molecule has 0 saturated heterocycles. The SMILES string of the molecule is COC(=O)CCCN(c1ccc(F)cc1)S(C)(=O)=O. The van der Waals surface area contributed by atoms with Crippen LogP contribution < -0.4 is 4.31 Å². The standard InChI is InChI=1S/C12H16FNO4S/c1-18-12(15)4-3-9-14(19(2,16)17)11-7-5-10(13)6-8-11/h5-8H,3-4,9H2,1-2H3. The lowest BCUT2D eigenvalue weighted by Gasteiger charge is -2.22. The molecule has 0 atom stereocenters. The second-order valence-corrected chi connectivity index (χ2v) is 5.90. The Morgan fingerprint density at radius 1 is 1.32 bits per heavy atom.